The molecule has 1 nitrogen and oxygen atoms in total. The summed E-state index contributed by atoms with van der Waals surface area (Å²) in [7, 11) is 0. The third-order valence-corrected chi connectivity index (χ3v) is 3.76. The minimum Gasteiger partial charge on any atom is -0.303 e. The van der Waals surface area contributed by atoms with Crippen LogP contribution in [0.25, 0.3) is 0 Å². The van der Waals surface area contributed by atoms with Crippen LogP contribution in [0.3, 0.4) is 0 Å². The van der Waals surface area contributed by atoms with Crippen LogP contribution in [0.4, 0.5) is 0 Å². The zero-order valence-electron chi connectivity index (χ0n) is 10.6. The van der Waals surface area contributed by atoms with E-state index in [0.29, 0.717) is 0 Å². The van der Waals surface area contributed by atoms with Crippen molar-refractivity contribution in [3.05, 3.63) is 35.4 Å². The molecular formula is C15H23N. The molecule has 1 heterocycles. The average molecular weight is 217 g/mol. The molecule has 1 aliphatic heterocycles. The average Bonchev–Trinajstić information content (AvgIpc) is 2.31. The predicted octanol–water partition coefficient (Wildman–Crippen LogP) is 3.58. The highest BCUT2D eigenvalue weighted by molar-refractivity contribution is 5.29. The van der Waals surface area contributed by atoms with Crippen LogP contribution in [-0.2, 0) is 0 Å². The maximum absolute atomic E-state index is 2.61. The summed E-state index contributed by atoms with van der Waals surface area (Å²) >= 11 is 0. The Balaban J connectivity index is 1.96. The zero-order chi connectivity index (χ0) is 11.4. The van der Waals surface area contributed by atoms with Crippen LogP contribution >= 0.6 is 0 Å². The Hall–Kier alpha value is -0.820. The van der Waals surface area contributed by atoms with Crippen LogP contribution in [0.2, 0.25) is 0 Å². The molecule has 1 heteroatoms. The molecule has 2 rings (SSSR count). The first kappa shape index (κ1) is 11.7. The van der Waals surface area contributed by atoms with Gasteiger partial charge < -0.3 is 4.90 Å². The Morgan fingerprint density at radius 3 is 2.50 bits per heavy atom. The lowest BCUT2D eigenvalue weighted by molar-refractivity contribution is 0.212. The fourth-order valence-electron chi connectivity index (χ4n) is 2.83. The van der Waals surface area contributed by atoms with Crippen molar-refractivity contribution in [2.45, 2.75) is 39.0 Å². The number of likely N-dealkylation sites (tertiary alicyclic amines) is 1. The standard InChI is InChI=1S/C15H23N/c1-3-10-16-11-8-14(9-12-16)15-7-5-4-6-13(15)2/h4-7,14H,3,8-12H2,1-2H3. The van der Waals surface area contributed by atoms with E-state index < -0.39 is 0 Å². The largest absolute Gasteiger partial charge is 0.303 e. The fourth-order valence-corrected chi connectivity index (χ4v) is 2.83. The minimum absolute atomic E-state index is 0.800. The Morgan fingerprint density at radius 2 is 1.88 bits per heavy atom. The lowest BCUT2D eigenvalue weighted by Crippen LogP contribution is -2.33. The third-order valence-electron chi connectivity index (χ3n) is 3.76. The monoisotopic (exact) mass is 217 g/mol. The highest BCUT2D eigenvalue weighted by atomic mass is 15.1. The van der Waals surface area contributed by atoms with E-state index in [0.717, 1.165) is 5.92 Å². The van der Waals surface area contributed by atoms with Gasteiger partial charge in [0.25, 0.3) is 0 Å². The number of rotatable bonds is 3. The fraction of sp³-hybridized carbons (Fsp3) is 0.600. The molecule has 0 aliphatic carbocycles. The van der Waals surface area contributed by atoms with Crippen LogP contribution in [0.5, 0.6) is 0 Å². The van der Waals surface area contributed by atoms with Gasteiger partial charge in [0.15, 0.2) is 0 Å². The zero-order valence-corrected chi connectivity index (χ0v) is 10.6. The molecular weight excluding hydrogens is 194 g/mol. The van der Waals surface area contributed by atoms with Gasteiger partial charge in [-0.2, -0.15) is 0 Å². The van der Waals surface area contributed by atoms with Crippen molar-refractivity contribution in [3.63, 3.8) is 0 Å². The van der Waals surface area contributed by atoms with Crippen LogP contribution in [-0.4, -0.2) is 24.5 Å². The maximum atomic E-state index is 2.61. The van der Waals surface area contributed by atoms with Crippen molar-refractivity contribution in [3.8, 4) is 0 Å². The van der Waals surface area contributed by atoms with Gasteiger partial charge in [0, 0.05) is 0 Å². The smallest absolute Gasteiger partial charge is 0.00129 e. The van der Waals surface area contributed by atoms with Gasteiger partial charge in [-0.15, -0.1) is 0 Å². The second-order valence-corrected chi connectivity index (χ2v) is 4.97. The van der Waals surface area contributed by atoms with Gasteiger partial charge in [-0.25, -0.2) is 0 Å². The van der Waals surface area contributed by atoms with Gasteiger partial charge in [0.05, 0.1) is 0 Å². The van der Waals surface area contributed by atoms with Crippen molar-refractivity contribution < 1.29 is 0 Å². The lowest BCUT2D eigenvalue weighted by atomic mass is 9.87. The molecule has 0 unspecified atom stereocenters. The summed E-state index contributed by atoms with van der Waals surface area (Å²) < 4.78 is 0. The normalized spacial score (nSPS) is 18.9. The minimum atomic E-state index is 0.800. The quantitative estimate of drug-likeness (QED) is 0.748. The maximum Gasteiger partial charge on any atom is -0.00129 e. The number of piperidine rings is 1. The summed E-state index contributed by atoms with van der Waals surface area (Å²) in [6.07, 6.45) is 3.96. The highest BCUT2D eigenvalue weighted by Crippen LogP contribution is 2.29. The molecule has 0 amide bonds. The van der Waals surface area contributed by atoms with Crippen molar-refractivity contribution in [1.82, 2.24) is 4.90 Å². The van der Waals surface area contributed by atoms with E-state index in [1.165, 1.54) is 44.5 Å². The molecule has 88 valence electrons. The summed E-state index contributed by atoms with van der Waals surface area (Å²) in [6.45, 7) is 8.36. The molecule has 0 radical (unpaired) electrons. The molecule has 1 aromatic rings. The van der Waals surface area contributed by atoms with Gasteiger partial charge in [-0.1, -0.05) is 31.2 Å². The second-order valence-electron chi connectivity index (χ2n) is 4.97. The number of hydrogen-bond acceptors (Lipinski definition) is 1. The lowest BCUT2D eigenvalue weighted by Gasteiger charge is -2.32. The van der Waals surface area contributed by atoms with Gasteiger partial charge >= 0.3 is 0 Å². The molecule has 0 bridgehead atoms. The Kier molecular flexibility index (Phi) is 4.00. The molecule has 0 spiro atoms. The van der Waals surface area contributed by atoms with E-state index in [2.05, 4.69) is 43.0 Å². The molecule has 0 saturated carbocycles. The second kappa shape index (κ2) is 5.49. The Bertz CT molecular complexity index is 324. The first-order chi connectivity index (χ1) is 7.81. The molecule has 0 atom stereocenters. The summed E-state index contributed by atoms with van der Waals surface area (Å²) in [5.74, 6) is 0.800. The first-order valence-electron chi connectivity index (χ1n) is 6.59. The SMILES string of the molecule is CCCN1CCC(c2ccccc2C)CC1. The van der Waals surface area contributed by atoms with E-state index in [-0.39, 0.29) is 0 Å². The van der Waals surface area contributed by atoms with Crippen molar-refractivity contribution in [1.29, 1.82) is 0 Å². The number of benzene rings is 1. The molecule has 1 aliphatic rings. The van der Waals surface area contributed by atoms with Crippen LogP contribution in [0, 0.1) is 6.92 Å². The molecule has 0 N–H and O–H groups in total. The summed E-state index contributed by atoms with van der Waals surface area (Å²) in [4.78, 5) is 2.61. The third kappa shape index (κ3) is 2.65. The first-order valence-corrected chi connectivity index (χ1v) is 6.59. The van der Waals surface area contributed by atoms with Crippen LogP contribution < -0.4 is 0 Å². The number of aryl methyl sites for hydroxylation is 1. The van der Waals surface area contributed by atoms with Gasteiger partial charge in [0.1, 0.15) is 0 Å². The Morgan fingerprint density at radius 1 is 1.19 bits per heavy atom. The van der Waals surface area contributed by atoms with Crippen molar-refractivity contribution >= 4 is 0 Å². The summed E-state index contributed by atoms with van der Waals surface area (Å²) in [5.41, 5.74) is 3.05. The molecule has 1 aromatic carbocycles. The van der Waals surface area contributed by atoms with E-state index in [1.807, 2.05) is 0 Å². The van der Waals surface area contributed by atoms with Crippen molar-refractivity contribution in [2.24, 2.45) is 0 Å². The van der Waals surface area contributed by atoms with E-state index in [9.17, 15) is 0 Å². The van der Waals surface area contributed by atoms with Gasteiger partial charge in [-0.05, 0) is 62.9 Å². The summed E-state index contributed by atoms with van der Waals surface area (Å²) in [6, 6.07) is 8.88. The van der Waals surface area contributed by atoms with Crippen LogP contribution in [0.15, 0.2) is 24.3 Å². The van der Waals surface area contributed by atoms with Gasteiger partial charge in [-0.3, -0.25) is 0 Å². The van der Waals surface area contributed by atoms with E-state index >= 15 is 0 Å². The summed E-state index contributed by atoms with van der Waals surface area (Å²) in [5, 5.41) is 0. The number of nitrogens with zero attached hydrogens (tertiary/aromatic N) is 1. The van der Waals surface area contributed by atoms with E-state index in [1.54, 1.807) is 5.56 Å². The Labute approximate surface area is 99.5 Å². The molecule has 1 saturated heterocycles. The predicted molar refractivity (Wildman–Crippen MR) is 69.9 cm³/mol. The highest BCUT2D eigenvalue weighted by Gasteiger charge is 2.20. The van der Waals surface area contributed by atoms with E-state index in [4.69, 9.17) is 0 Å². The molecule has 0 aromatic heterocycles. The van der Waals surface area contributed by atoms with Crippen LogP contribution in [0.1, 0.15) is 43.2 Å². The van der Waals surface area contributed by atoms with Gasteiger partial charge in [0.2, 0.25) is 0 Å². The molecule has 16 heavy (non-hydrogen) atoms. The van der Waals surface area contributed by atoms with Crippen molar-refractivity contribution in [2.75, 3.05) is 19.6 Å². The topological polar surface area (TPSA) is 3.24 Å². The number of hydrogen-bond donors (Lipinski definition) is 0. The molecule has 1 fully saturated rings.